The Labute approximate surface area is 218 Å². The monoisotopic (exact) mass is 535 g/mol. The Morgan fingerprint density at radius 3 is 2.58 bits per heavy atom. The van der Waals surface area contributed by atoms with E-state index in [1.807, 2.05) is 13.0 Å². The highest BCUT2D eigenvalue weighted by Crippen LogP contribution is 2.36. The van der Waals surface area contributed by atoms with Crippen molar-refractivity contribution in [3.63, 3.8) is 0 Å². The number of amides is 1. The SMILES string of the molecule is C=C(N=C/C(=C\C)C(F)(F)F)NCC1C(C)CC(F)(F)CN1C(=O)c1nc(C)ccc1-c1ccc(C)cn1. The van der Waals surface area contributed by atoms with Gasteiger partial charge in [0.1, 0.15) is 11.5 Å². The van der Waals surface area contributed by atoms with Gasteiger partial charge < -0.3 is 10.2 Å². The molecule has 3 heterocycles. The average molecular weight is 536 g/mol. The van der Waals surface area contributed by atoms with Gasteiger partial charge in [-0.15, -0.1) is 0 Å². The Morgan fingerprint density at radius 2 is 1.97 bits per heavy atom. The van der Waals surface area contributed by atoms with Crippen molar-refractivity contribution in [3.8, 4) is 11.3 Å². The number of hydrogen-bond acceptors (Lipinski definition) is 5. The number of carbonyl (C=O) groups excluding carboxylic acids is 1. The van der Waals surface area contributed by atoms with Gasteiger partial charge in [-0.2, -0.15) is 13.2 Å². The van der Waals surface area contributed by atoms with E-state index in [1.165, 1.54) is 6.92 Å². The fourth-order valence-corrected chi connectivity index (χ4v) is 4.30. The Balaban J connectivity index is 1.89. The number of piperidine rings is 1. The third-order valence-electron chi connectivity index (χ3n) is 6.28. The molecular weight excluding hydrogens is 505 g/mol. The van der Waals surface area contributed by atoms with Crippen molar-refractivity contribution in [3.05, 3.63) is 71.5 Å². The molecule has 0 bridgehead atoms. The molecule has 0 saturated carbocycles. The van der Waals surface area contributed by atoms with Crippen LogP contribution >= 0.6 is 0 Å². The number of allylic oxidation sites excluding steroid dienone is 2. The van der Waals surface area contributed by atoms with Gasteiger partial charge in [0, 0.05) is 36.6 Å². The van der Waals surface area contributed by atoms with Crippen LogP contribution in [0, 0.1) is 19.8 Å². The van der Waals surface area contributed by atoms with E-state index in [9.17, 15) is 26.7 Å². The molecule has 1 N–H and O–H groups in total. The van der Waals surface area contributed by atoms with Crippen molar-refractivity contribution in [1.82, 2.24) is 20.2 Å². The number of hydrogen-bond donors (Lipinski definition) is 1. The lowest BCUT2D eigenvalue weighted by Gasteiger charge is -2.43. The molecule has 1 fully saturated rings. The number of aryl methyl sites for hydroxylation is 2. The number of nitrogens with zero attached hydrogens (tertiary/aromatic N) is 4. The van der Waals surface area contributed by atoms with Crippen LogP contribution in [0.3, 0.4) is 0 Å². The van der Waals surface area contributed by atoms with Crippen LogP contribution in [0.2, 0.25) is 0 Å². The molecule has 2 aromatic heterocycles. The Kier molecular flexibility index (Phi) is 8.68. The molecule has 204 valence electrons. The van der Waals surface area contributed by atoms with Gasteiger partial charge in [-0.05, 0) is 50.5 Å². The highest BCUT2D eigenvalue weighted by molar-refractivity contribution is 5.99. The van der Waals surface area contributed by atoms with Gasteiger partial charge in [-0.3, -0.25) is 9.78 Å². The average Bonchev–Trinajstić information content (AvgIpc) is 2.82. The zero-order chi connectivity index (χ0) is 28.3. The van der Waals surface area contributed by atoms with Gasteiger partial charge in [0.25, 0.3) is 11.8 Å². The number of pyridine rings is 2. The zero-order valence-electron chi connectivity index (χ0n) is 21.6. The molecular formula is C27H30F5N5O. The van der Waals surface area contributed by atoms with Crippen LogP contribution in [0.1, 0.15) is 42.0 Å². The number of aromatic nitrogens is 2. The molecule has 2 atom stereocenters. The largest absolute Gasteiger partial charge is 0.417 e. The van der Waals surface area contributed by atoms with E-state index >= 15 is 0 Å². The molecule has 0 radical (unpaired) electrons. The topological polar surface area (TPSA) is 70.5 Å². The maximum atomic E-state index is 14.7. The molecule has 0 aliphatic carbocycles. The fraction of sp³-hybridized carbons (Fsp3) is 0.407. The Bertz CT molecular complexity index is 1240. The van der Waals surface area contributed by atoms with Gasteiger partial charge in [-0.1, -0.05) is 25.6 Å². The Morgan fingerprint density at radius 1 is 1.26 bits per heavy atom. The second kappa shape index (κ2) is 11.4. The van der Waals surface area contributed by atoms with E-state index in [1.54, 1.807) is 38.2 Å². The molecule has 3 rings (SSSR count). The van der Waals surface area contributed by atoms with Crippen molar-refractivity contribution >= 4 is 12.1 Å². The normalized spacial score (nSPS) is 20.0. The number of aliphatic imine (C=N–C) groups is 1. The predicted molar refractivity (Wildman–Crippen MR) is 136 cm³/mol. The van der Waals surface area contributed by atoms with Crippen molar-refractivity contribution in [1.29, 1.82) is 0 Å². The first-order valence-electron chi connectivity index (χ1n) is 12.0. The van der Waals surface area contributed by atoms with Gasteiger partial charge in [0.15, 0.2) is 0 Å². The Hall–Kier alpha value is -3.63. The van der Waals surface area contributed by atoms with E-state index < -0.39 is 48.5 Å². The van der Waals surface area contributed by atoms with Crippen molar-refractivity contribution in [2.24, 2.45) is 10.9 Å². The molecule has 1 saturated heterocycles. The van der Waals surface area contributed by atoms with Crippen LogP contribution in [-0.2, 0) is 0 Å². The third-order valence-corrected chi connectivity index (χ3v) is 6.28. The van der Waals surface area contributed by atoms with Crippen molar-refractivity contribution in [2.75, 3.05) is 13.1 Å². The minimum absolute atomic E-state index is 0.00370. The zero-order valence-corrected chi connectivity index (χ0v) is 21.6. The number of halogens is 5. The van der Waals surface area contributed by atoms with Crippen molar-refractivity contribution in [2.45, 2.75) is 52.3 Å². The lowest BCUT2D eigenvalue weighted by atomic mass is 9.88. The molecule has 2 unspecified atom stereocenters. The van der Waals surface area contributed by atoms with Crippen LogP contribution in [0.4, 0.5) is 22.0 Å². The second-order valence-corrected chi connectivity index (χ2v) is 9.43. The summed E-state index contributed by atoms with van der Waals surface area (Å²) >= 11 is 0. The first-order chi connectivity index (χ1) is 17.7. The summed E-state index contributed by atoms with van der Waals surface area (Å²) in [5.74, 6) is -4.55. The minimum Gasteiger partial charge on any atom is -0.368 e. The van der Waals surface area contributed by atoms with E-state index in [0.29, 0.717) is 23.2 Å². The molecule has 38 heavy (non-hydrogen) atoms. The molecule has 1 aliphatic heterocycles. The van der Waals surface area contributed by atoms with Crippen LogP contribution in [0.5, 0.6) is 0 Å². The predicted octanol–water partition coefficient (Wildman–Crippen LogP) is 5.89. The standard InChI is InChI=1S/C27H30F5N5O/c1-6-20(27(30,31)32)13-33-19(5)34-14-23-17(3)11-26(28,29)15-37(23)25(38)24-21(9-8-18(4)36-24)22-10-7-16(2)12-35-22/h6-10,12-13,17,23,34H,5,11,14-15H2,1-4H3/b20-6+,33-13?. The van der Waals surface area contributed by atoms with Crippen LogP contribution in [0.15, 0.2) is 59.5 Å². The van der Waals surface area contributed by atoms with E-state index in [-0.39, 0.29) is 18.1 Å². The summed E-state index contributed by atoms with van der Waals surface area (Å²) in [6.07, 6.45) is -1.89. The lowest BCUT2D eigenvalue weighted by Crippen LogP contribution is -2.58. The van der Waals surface area contributed by atoms with Crippen LogP contribution in [0.25, 0.3) is 11.3 Å². The number of carbonyl (C=O) groups is 1. The molecule has 1 amide bonds. The maximum Gasteiger partial charge on any atom is 0.417 e. The van der Waals surface area contributed by atoms with Gasteiger partial charge >= 0.3 is 6.18 Å². The summed E-state index contributed by atoms with van der Waals surface area (Å²) in [6.45, 7) is 9.13. The van der Waals surface area contributed by atoms with E-state index in [0.717, 1.165) is 16.5 Å². The summed E-state index contributed by atoms with van der Waals surface area (Å²) < 4.78 is 68.1. The van der Waals surface area contributed by atoms with Gasteiger partial charge in [0.2, 0.25) is 0 Å². The van der Waals surface area contributed by atoms with E-state index in [4.69, 9.17) is 0 Å². The number of rotatable bonds is 7. The highest BCUT2D eigenvalue weighted by Gasteiger charge is 2.46. The van der Waals surface area contributed by atoms with Gasteiger partial charge in [0.05, 0.1) is 23.9 Å². The molecule has 6 nitrogen and oxygen atoms in total. The summed E-state index contributed by atoms with van der Waals surface area (Å²) in [5, 5.41) is 2.78. The van der Waals surface area contributed by atoms with Crippen LogP contribution < -0.4 is 5.32 Å². The molecule has 1 aliphatic rings. The molecule has 0 spiro atoms. The molecule has 11 heteroatoms. The lowest BCUT2D eigenvalue weighted by molar-refractivity contribution is -0.0913. The number of alkyl halides is 5. The van der Waals surface area contributed by atoms with Gasteiger partial charge in [-0.25, -0.2) is 18.8 Å². The second-order valence-electron chi connectivity index (χ2n) is 9.43. The maximum absolute atomic E-state index is 14.7. The summed E-state index contributed by atoms with van der Waals surface area (Å²) in [7, 11) is 0. The first-order valence-corrected chi connectivity index (χ1v) is 12.0. The smallest absolute Gasteiger partial charge is 0.368 e. The minimum atomic E-state index is -4.57. The first kappa shape index (κ1) is 28.9. The van der Waals surface area contributed by atoms with Crippen LogP contribution in [-0.4, -0.2) is 58.2 Å². The molecule has 2 aromatic rings. The fourth-order valence-electron chi connectivity index (χ4n) is 4.30. The third kappa shape index (κ3) is 7.02. The highest BCUT2D eigenvalue weighted by atomic mass is 19.4. The summed E-state index contributed by atoms with van der Waals surface area (Å²) in [5.41, 5.74) is 1.38. The molecule has 0 aromatic carbocycles. The summed E-state index contributed by atoms with van der Waals surface area (Å²) in [4.78, 5) is 27.3. The quantitative estimate of drug-likeness (QED) is 0.355. The van der Waals surface area contributed by atoms with Crippen molar-refractivity contribution < 1.29 is 26.7 Å². The summed E-state index contributed by atoms with van der Waals surface area (Å²) in [6, 6.07) is 6.22. The number of nitrogens with one attached hydrogen (secondary N) is 1. The van der Waals surface area contributed by atoms with E-state index in [2.05, 4.69) is 26.9 Å². The number of likely N-dealkylation sites (tertiary alicyclic amines) is 1.